The highest BCUT2D eigenvalue weighted by Crippen LogP contribution is 2.18. The Balaban J connectivity index is 1.50. The highest BCUT2D eigenvalue weighted by atomic mass is 16.5. The first-order valence-corrected chi connectivity index (χ1v) is 6.55. The van der Waals surface area contributed by atoms with Crippen molar-refractivity contribution in [1.82, 2.24) is 10.3 Å². The average Bonchev–Trinajstić information content (AvgIpc) is 3.17. The van der Waals surface area contributed by atoms with Crippen molar-refractivity contribution in [1.29, 1.82) is 0 Å². The normalized spacial score (nSPS) is 17.0. The van der Waals surface area contributed by atoms with Gasteiger partial charge >= 0.3 is 0 Å². The summed E-state index contributed by atoms with van der Waals surface area (Å²) in [6.07, 6.45) is 5.45. The van der Waals surface area contributed by atoms with Gasteiger partial charge in [0, 0.05) is 30.9 Å². The topological polar surface area (TPSA) is 34.1 Å². The summed E-state index contributed by atoms with van der Waals surface area (Å²) in [4.78, 5) is 4.27. The van der Waals surface area contributed by atoms with Crippen molar-refractivity contribution in [3.05, 3.63) is 30.1 Å². The van der Waals surface area contributed by atoms with Gasteiger partial charge < -0.3 is 10.1 Å². The maximum Gasteiger partial charge on any atom is 0.0521 e. The van der Waals surface area contributed by atoms with Gasteiger partial charge in [-0.2, -0.15) is 0 Å². The summed E-state index contributed by atoms with van der Waals surface area (Å²) in [5.41, 5.74) is 1.11. The molecule has 0 aliphatic heterocycles. The van der Waals surface area contributed by atoms with Gasteiger partial charge in [-0.15, -0.1) is 0 Å². The zero-order chi connectivity index (χ0) is 11.9. The fraction of sp³-hybridized carbons (Fsp3) is 0.643. The number of hydrogen-bond donors (Lipinski definition) is 1. The molecule has 0 amide bonds. The van der Waals surface area contributed by atoms with Crippen molar-refractivity contribution >= 4 is 0 Å². The lowest BCUT2D eigenvalue weighted by molar-refractivity contribution is 0.106. The van der Waals surface area contributed by atoms with Crippen molar-refractivity contribution < 1.29 is 4.74 Å². The second-order valence-corrected chi connectivity index (χ2v) is 4.93. The van der Waals surface area contributed by atoms with Gasteiger partial charge in [0.1, 0.15) is 0 Å². The first kappa shape index (κ1) is 12.5. The molecule has 17 heavy (non-hydrogen) atoms. The molecule has 1 aliphatic carbocycles. The molecular formula is C14H22N2O. The summed E-state index contributed by atoms with van der Waals surface area (Å²) in [5, 5.41) is 3.52. The molecule has 1 aliphatic rings. The van der Waals surface area contributed by atoms with Crippen LogP contribution in [0.5, 0.6) is 0 Å². The van der Waals surface area contributed by atoms with Crippen molar-refractivity contribution in [2.24, 2.45) is 5.92 Å². The molecule has 1 aromatic heterocycles. The van der Waals surface area contributed by atoms with Crippen LogP contribution in [0, 0.1) is 5.92 Å². The Morgan fingerprint density at radius 2 is 2.35 bits per heavy atom. The molecule has 1 N–H and O–H groups in total. The largest absolute Gasteiger partial charge is 0.381 e. The Morgan fingerprint density at radius 1 is 1.47 bits per heavy atom. The van der Waals surface area contributed by atoms with E-state index >= 15 is 0 Å². The first-order chi connectivity index (χ1) is 8.34. The van der Waals surface area contributed by atoms with Crippen molar-refractivity contribution in [2.75, 3.05) is 19.8 Å². The Bertz CT molecular complexity index is 311. The van der Waals surface area contributed by atoms with Gasteiger partial charge in [0.15, 0.2) is 0 Å². The highest BCUT2D eigenvalue weighted by molar-refractivity contribution is 5.03. The molecule has 1 unspecified atom stereocenters. The van der Waals surface area contributed by atoms with Gasteiger partial charge in [-0.3, -0.25) is 4.98 Å². The van der Waals surface area contributed by atoms with Crippen LogP contribution in [0.15, 0.2) is 24.4 Å². The van der Waals surface area contributed by atoms with E-state index in [1.54, 1.807) is 0 Å². The fourth-order valence-electron chi connectivity index (χ4n) is 1.72. The van der Waals surface area contributed by atoms with E-state index in [1.165, 1.54) is 12.8 Å². The second kappa shape index (κ2) is 6.72. The van der Waals surface area contributed by atoms with Gasteiger partial charge in [0.2, 0.25) is 0 Å². The molecule has 0 aromatic carbocycles. The SMILES string of the molecule is CC(CNC1CC1)COCCc1ccccn1. The van der Waals surface area contributed by atoms with Crippen LogP contribution in [0.4, 0.5) is 0 Å². The number of nitrogens with one attached hydrogen (secondary N) is 1. The van der Waals surface area contributed by atoms with Crippen LogP contribution < -0.4 is 5.32 Å². The average molecular weight is 234 g/mol. The number of ether oxygens (including phenoxy) is 1. The standard InChI is InChI=1S/C14H22N2O/c1-12(10-16-14-5-6-14)11-17-9-7-13-4-2-3-8-15-13/h2-4,8,12,14,16H,5-7,9-11H2,1H3. The van der Waals surface area contributed by atoms with Gasteiger partial charge in [0.05, 0.1) is 13.2 Å². The Hall–Kier alpha value is -0.930. The van der Waals surface area contributed by atoms with Crippen molar-refractivity contribution in [3.8, 4) is 0 Å². The zero-order valence-electron chi connectivity index (χ0n) is 10.6. The lowest BCUT2D eigenvalue weighted by Crippen LogP contribution is -2.26. The highest BCUT2D eigenvalue weighted by Gasteiger charge is 2.20. The summed E-state index contributed by atoms with van der Waals surface area (Å²) in [6, 6.07) is 6.80. The van der Waals surface area contributed by atoms with Crippen molar-refractivity contribution in [3.63, 3.8) is 0 Å². The van der Waals surface area contributed by atoms with E-state index in [-0.39, 0.29) is 0 Å². The molecule has 3 heteroatoms. The van der Waals surface area contributed by atoms with Gasteiger partial charge in [0.25, 0.3) is 0 Å². The number of rotatable bonds is 8. The van der Waals surface area contributed by atoms with E-state index in [4.69, 9.17) is 4.74 Å². The molecule has 1 saturated carbocycles. The first-order valence-electron chi connectivity index (χ1n) is 6.55. The summed E-state index contributed by atoms with van der Waals surface area (Å²) in [6.45, 7) is 4.92. The maximum atomic E-state index is 5.67. The van der Waals surface area contributed by atoms with Crippen LogP contribution in [0.1, 0.15) is 25.5 Å². The smallest absolute Gasteiger partial charge is 0.0521 e. The fourth-order valence-corrected chi connectivity index (χ4v) is 1.72. The quantitative estimate of drug-likeness (QED) is 0.699. The lowest BCUT2D eigenvalue weighted by atomic mass is 10.2. The Morgan fingerprint density at radius 3 is 3.06 bits per heavy atom. The molecule has 1 heterocycles. The summed E-state index contributed by atoms with van der Waals surface area (Å²) < 4.78 is 5.67. The maximum absolute atomic E-state index is 5.67. The van der Waals surface area contributed by atoms with E-state index in [2.05, 4.69) is 17.2 Å². The molecule has 1 aromatic rings. The molecule has 0 spiro atoms. The number of aromatic nitrogens is 1. The molecule has 3 nitrogen and oxygen atoms in total. The van der Waals surface area contributed by atoms with E-state index in [1.807, 2.05) is 24.4 Å². The number of pyridine rings is 1. The van der Waals surface area contributed by atoms with E-state index < -0.39 is 0 Å². The summed E-state index contributed by atoms with van der Waals surface area (Å²) in [7, 11) is 0. The van der Waals surface area contributed by atoms with Gasteiger partial charge in [-0.05, 0) is 30.9 Å². The third-order valence-electron chi connectivity index (χ3n) is 2.96. The van der Waals surface area contributed by atoms with Crippen LogP contribution in [0.2, 0.25) is 0 Å². The van der Waals surface area contributed by atoms with Gasteiger partial charge in [-0.25, -0.2) is 0 Å². The zero-order valence-corrected chi connectivity index (χ0v) is 10.6. The minimum atomic E-state index is 0.597. The predicted octanol–water partition coefficient (Wildman–Crippen LogP) is 2.03. The van der Waals surface area contributed by atoms with E-state index in [0.29, 0.717) is 5.92 Å². The predicted molar refractivity (Wildman–Crippen MR) is 68.9 cm³/mol. The molecule has 1 fully saturated rings. The molecule has 0 bridgehead atoms. The minimum Gasteiger partial charge on any atom is -0.381 e. The van der Waals surface area contributed by atoms with Crippen LogP contribution in [0.3, 0.4) is 0 Å². The van der Waals surface area contributed by atoms with Crippen LogP contribution in [-0.4, -0.2) is 30.8 Å². The number of hydrogen-bond acceptors (Lipinski definition) is 3. The lowest BCUT2D eigenvalue weighted by Gasteiger charge is -2.12. The third-order valence-corrected chi connectivity index (χ3v) is 2.96. The molecular weight excluding hydrogens is 212 g/mol. The van der Waals surface area contributed by atoms with Gasteiger partial charge in [-0.1, -0.05) is 13.0 Å². The van der Waals surface area contributed by atoms with Crippen molar-refractivity contribution in [2.45, 2.75) is 32.2 Å². The Kier molecular flexibility index (Phi) is 4.95. The van der Waals surface area contributed by atoms with Crippen LogP contribution in [0.25, 0.3) is 0 Å². The minimum absolute atomic E-state index is 0.597. The second-order valence-electron chi connectivity index (χ2n) is 4.93. The summed E-state index contributed by atoms with van der Waals surface area (Å²) >= 11 is 0. The molecule has 94 valence electrons. The molecule has 0 saturated heterocycles. The monoisotopic (exact) mass is 234 g/mol. The van der Waals surface area contributed by atoms with E-state index in [9.17, 15) is 0 Å². The summed E-state index contributed by atoms with van der Waals surface area (Å²) in [5.74, 6) is 0.597. The molecule has 2 rings (SSSR count). The van der Waals surface area contributed by atoms with Crippen LogP contribution >= 0.6 is 0 Å². The molecule has 0 radical (unpaired) electrons. The van der Waals surface area contributed by atoms with E-state index in [0.717, 1.165) is 37.9 Å². The molecule has 1 atom stereocenters. The Labute approximate surface area is 104 Å². The third kappa shape index (κ3) is 5.29. The number of nitrogens with zero attached hydrogens (tertiary/aromatic N) is 1. The van der Waals surface area contributed by atoms with Crippen LogP contribution in [-0.2, 0) is 11.2 Å².